The summed E-state index contributed by atoms with van der Waals surface area (Å²) in [4.78, 5) is 4.54. The van der Waals surface area contributed by atoms with E-state index in [1.165, 1.54) is 22.3 Å². The minimum absolute atomic E-state index is 0.247. The minimum atomic E-state index is 0.247. The molecule has 0 radical (unpaired) electrons. The van der Waals surface area contributed by atoms with Crippen molar-refractivity contribution in [1.29, 1.82) is 0 Å². The van der Waals surface area contributed by atoms with Crippen LogP contribution in [0.5, 0.6) is 0 Å². The van der Waals surface area contributed by atoms with Gasteiger partial charge in [0, 0.05) is 18.0 Å². The Labute approximate surface area is 116 Å². The van der Waals surface area contributed by atoms with Crippen LogP contribution in [0.4, 0.5) is 0 Å². The van der Waals surface area contributed by atoms with Gasteiger partial charge in [-0.2, -0.15) is 0 Å². The molecule has 0 spiro atoms. The molecule has 0 heterocycles. The molecule has 1 rings (SSSR count). The topological polar surface area (TPSA) is 32.6 Å². The van der Waals surface area contributed by atoms with E-state index in [1.807, 2.05) is 13.8 Å². The fraction of sp³-hybridized carbons (Fsp3) is 0.471. The molecule has 19 heavy (non-hydrogen) atoms. The summed E-state index contributed by atoms with van der Waals surface area (Å²) < 4.78 is 0. The fourth-order valence-electron chi connectivity index (χ4n) is 2.24. The van der Waals surface area contributed by atoms with Gasteiger partial charge in [0.2, 0.25) is 0 Å². The molecule has 0 saturated carbocycles. The van der Waals surface area contributed by atoms with Crippen molar-refractivity contribution in [3.8, 4) is 0 Å². The number of rotatable bonds is 5. The van der Waals surface area contributed by atoms with Gasteiger partial charge in [0.15, 0.2) is 0 Å². The fourth-order valence-corrected chi connectivity index (χ4v) is 2.24. The average Bonchev–Trinajstić information content (AvgIpc) is 2.36. The second kappa shape index (κ2) is 7.25. The lowest BCUT2D eigenvalue weighted by Gasteiger charge is -2.13. The van der Waals surface area contributed by atoms with Crippen LogP contribution in [0.1, 0.15) is 50.8 Å². The van der Waals surface area contributed by atoms with Crippen LogP contribution < -0.4 is 0 Å². The Morgan fingerprint density at radius 1 is 1.16 bits per heavy atom. The van der Waals surface area contributed by atoms with Gasteiger partial charge < -0.3 is 5.11 Å². The largest absolute Gasteiger partial charge is 0.396 e. The van der Waals surface area contributed by atoms with E-state index >= 15 is 0 Å². The van der Waals surface area contributed by atoms with E-state index in [0.717, 1.165) is 24.3 Å². The van der Waals surface area contributed by atoms with Crippen LogP contribution in [0.25, 0.3) is 5.57 Å². The summed E-state index contributed by atoms with van der Waals surface area (Å²) in [7, 11) is 0. The Morgan fingerprint density at radius 3 is 2.42 bits per heavy atom. The highest BCUT2D eigenvalue weighted by Crippen LogP contribution is 2.25. The summed E-state index contributed by atoms with van der Waals surface area (Å²) in [5.41, 5.74) is 7.25. The summed E-state index contributed by atoms with van der Waals surface area (Å²) in [5, 5.41) is 8.96. The lowest BCUT2D eigenvalue weighted by molar-refractivity contribution is 0.288. The van der Waals surface area contributed by atoms with Gasteiger partial charge >= 0.3 is 0 Å². The highest BCUT2D eigenvalue weighted by Gasteiger charge is 2.07. The third-order valence-electron chi connectivity index (χ3n) is 3.39. The molecule has 0 aliphatic rings. The second-order valence-corrected chi connectivity index (χ2v) is 5.19. The van der Waals surface area contributed by atoms with Crippen molar-refractivity contribution in [3.05, 3.63) is 40.6 Å². The number of allylic oxidation sites excluding steroid dienone is 2. The van der Waals surface area contributed by atoms with E-state index in [4.69, 9.17) is 5.11 Å². The molecule has 1 aromatic carbocycles. The number of aliphatic imine (C=N–C) groups is 1. The van der Waals surface area contributed by atoms with Crippen molar-refractivity contribution in [1.82, 2.24) is 0 Å². The second-order valence-electron chi connectivity index (χ2n) is 5.19. The van der Waals surface area contributed by atoms with Crippen LogP contribution in [0, 0.1) is 6.92 Å². The van der Waals surface area contributed by atoms with Crippen LogP contribution in [0.2, 0.25) is 0 Å². The summed E-state index contributed by atoms with van der Waals surface area (Å²) >= 11 is 0. The van der Waals surface area contributed by atoms with Gasteiger partial charge in [-0.05, 0) is 69.7 Å². The molecule has 0 aliphatic carbocycles. The van der Waals surface area contributed by atoms with Gasteiger partial charge in [-0.3, -0.25) is 4.99 Å². The zero-order valence-corrected chi connectivity index (χ0v) is 12.7. The maximum Gasteiger partial charge on any atom is 0.0434 e. The quantitative estimate of drug-likeness (QED) is 0.791. The van der Waals surface area contributed by atoms with Crippen LogP contribution in [0.3, 0.4) is 0 Å². The van der Waals surface area contributed by atoms with Crippen LogP contribution in [0.15, 0.2) is 28.9 Å². The monoisotopic (exact) mass is 259 g/mol. The first-order valence-corrected chi connectivity index (χ1v) is 6.86. The Bertz CT molecular complexity index is 494. The molecule has 0 unspecified atom stereocenters. The van der Waals surface area contributed by atoms with Crippen LogP contribution >= 0.6 is 0 Å². The molecule has 2 heteroatoms. The zero-order valence-electron chi connectivity index (χ0n) is 12.7. The lowest BCUT2D eigenvalue weighted by atomic mass is 9.94. The third kappa shape index (κ3) is 4.32. The normalized spacial score (nSPS) is 12.1. The highest BCUT2D eigenvalue weighted by molar-refractivity contribution is 5.82. The van der Waals surface area contributed by atoms with Crippen molar-refractivity contribution in [2.45, 2.75) is 47.5 Å². The summed E-state index contributed by atoms with van der Waals surface area (Å²) in [6, 6.07) is 6.39. The Morgan fingerprint density at radius 2 is 1.84 bits per heavy atom. The molecule has 0 saturated heterocycles. The van der Waals surface area contributed by atoms with Crippen LogP contribution in [-0.4, -0.2) is 17.4 Å². The number of hydrogen-bond donors (Lipinski definition) is 1. The smallest absolute Gasteiger partial charge is 0.0434 e. The Balaban J connectivity index is 3.17. The van der Waals surface area contributed by atoms with Gasteiger partial charge in [-0.1, -0.05) is 18.2 Å². The number of nitrogens with zero attached hydrogens (tertiary/aromatic N) is 1. The summed E-state index contributed by atoms with van der Waals surface area (Å²) in [6.45, 7) is 10.6. The molecule has 1 aromatic rings. The van der Waals surface area contributed by atoms with Gasteiger partial charge in [-0.25, -0.2) is 0 Å². The first-order chi connectivity index (χ1) is 8.97. The standard InChI is InChI=1S/C17H25NO/c1-12(2)18-15(5)13(3)17-10-6-8-16(14(17)4)9-7-11-19/h6,8,10,19H,7,9,11H2,1-5H3/b15-13+. The molecule has 1 N–H and O–H groups in total. The summed E-state index contributed by atoms with van der Waals surface area (Å²) in [6.07, 6.45) is 1.75. The van der Waals surface area contributed by atoms with Crippen molar-refractivity contribution < 1.29 is 5.11 Å². The van der Waals surface area contributed by atoms with Gasteiger partial charge in [0.1, 0.15) is 0 Å². The number of hydrogen-bond acceptors (Lipinski definition) is 2. The molecule has 0 fully saturated rings. The maximum absolute atomic E-state index is 8.96. The van der Waals surface area contributed by atoms with Crippen molar-refractivity contribution in [3.63, 3.8) is 0 Å². The number of aryl methyl sites for hydroxylation is 1. The number of aliphatic hydroxyl groups excluding tert-OH is 1. The molecule has 0 bridgehead atoms. The van der Waals surface area contributed by atoms with Crippen LogP contribution in [-0.2, 0) is 6.42 Å². The van der Waals surface area contributed by atoms with E-state index in [-0.39, 0.29) is 6.61 Å². The highest BCUT2D eigenvalue weighted by atomic mass is 16.2. The Kier molecular flexibility index (Phi) is 5.97. The molecule has 0 atom stereocenters. The molecular weight excluding hydrogens is 234 g/mol. The van der Waals surface area contributed by atoms with E-state index in [2.05, 4.69) is 44.0 Å². The predicted octanol–water partition coefficient (Wildman–Crippen LogP) is 4.15. The van der Waals surface area contributed by atoms with E-state index in [9.17, 15) is 0 Å². The Hall–Kier alpha value is -1.41. The van der Waals surface area contributed by atoms with Gasteiger partial charge in [0.05, 0.1) is 0 Å². The van der Waals surface area contributed by atoms with E-state index in [1.54, 1.807) is 0 Å². The predicted molar refractivity (Wildman–Crippen MR) is 83.6 cm³/mol. The summed E-state index contributed by atoms with van der Waals surface area (Å²) in [5.74, 6) is 0. The molecular formula is C17H25NO. The lowest BCUT2D eigenvalue weighted by Crippen LogP contribution is -1.97. The van der Waals surface area contributed by atoms with Gasteiger partial charge in [-0.15, -0.1) is 0 Å². The van der Waals surface area contributed by atoms with Crippen molar-refractivity contribution in [2.24, 2.45) is 4.99 Å². The molecule has 0 aromatic heterocycles. The van der Waals surface area contributed by atoms with E-state index in [0.29, 0.717) is 0 Å². The van der Waals surface area contributed by atoms with Gasteiger partial charge in [0.25, 0.3) is 0 Å². The minimum Gasteiger partial charge on any atom is -0.396 e. The molecule has 0 aliphatic heterocycles. The first-order valence-electron chi connectivity index (χ1n) is 6.86. The maximum atomic E-state index is 8.96. The average molecular weight is 259 g/mol. The van der Waals surface area contributed by atoms with Crippen molar-refractivity contribution >= 4 is 11.3 Å². The SMILES string of the molecule is CC(C)=N/C(C)=C(\C)c1cccc(CCCO)c1C. The molecule has 0 amide bonds. The van der Waals surface area contributed by atoms with E-state index < -0.39 is 0 Å². The third-order valence-corrected chi connectivity index (χ3v) is 3.39. The molecule has 104 valence electrons. The first kappa shape index (κ1) is 15.6. The zero-order chi connectivity index (χ0) is 14.4. The number of benzene rings is 1. The number of aliphatic hydroxyl groups is 1. The van der Waals surface area contributed by atoms with Crippen molar-refractivity contribution in [2.75, 3.05) is 6.61 Å². The molecule has 2 nitrogen and oxygen atoms in total.